The lowest BCUT2D eigenvalue weighted by Gasteiger charge is -2.00. The van der Waals surface area contributed by atoms with Crippen LogP contribution in [0.1, 0.15) is 6.92 Å². The molecule has 0 bridgehead atoms. The van der Waals surface area contributed by atoms with Crippen LogP contribution < -0.4 is 0 Å². The van der Waals surface area contributed by atoms with Gasteiger partial charge in [0.15, 0.2) is 9.84 Å². The molecule has 0 unspecified atom stereocenters. The lowest BCUT2D eigenvalue weighted by atomic mass is 10.3. The Hall–Kier alpha value is -0.830. The van der Waals surface area contributed by atoms with Gasteiger partial charge in [0.25, 0.3) is 0 Å². The van der Waals surface area contributed by atoms with E-state index in [-0.39, 0.29) is 4.91 Å². The summed E-state index contributed by atoms with van der Waals surface area (Å²) in [5, 5.41) is 0. The molecule has 0 fully saturated rings. The summed E-state index contributed by atoms with van der Waals surface area (Å²) in [6.45, 7) is 8.57. The van der Waals surface area contributed by atoms with Crippen LogP contribution in [0.15, 0.2) is 35.8 Å². The third-order valence-corrected chi connectivity index (χ3v) is 2.57. The molecule has 0 saturated carbocycles. The minimum atomic E-state index is -3.14. The van der Waals surface area contributed by atoms with Gasteiger partial charge < -0.3 is 0 Å². The minimum absolute atomic E-state index is 0.243. The maximum atomic E-state index is 11.0. The SMILES string of the molecule is C=C/C(C)=C(\C=C)S(C)(=O)=O. The molecule has 0 aromatic heterocycles. The molecule has 2 nitrogen and oxygen atoms in total. The van der Waals surface area contributed by atoms with Gasteiger partial charge in [0.2, 0.25) is 0 Å². The van der Waals surface area contributed by atoms with Gasteiger partial charge in [0.1, 0.15) is 0 Å². The molecule has 0 N–H and O–H groups in total. The third kappa shape index (κ3) is 2.72. The largest absolute Gasteiger partial charge is 0.224 e. The van der Waals surface area contributed by atoms with E-state index >= 15 is 0 Å². The molecule has 0 aliphatic rings. The molecule has 0 aliphatic carbocycles. The van der Waals surface area contributed by atoms with Crippen LogP contribution in [0.2, 0.25) is 0 Å². The fraction of sp³-hybridized carbons (Fsp3) is 0.250. The first-order valence-corrected chi connectivity index (χ1v) is 4.98. The van der Waals surface area contributed by atoms with Crippen molar-refractivity contribution in [3.63, 3.8) is 0 Å². The van der Waals surface area contributed by atoms with Crippen molar-refractivity contribution in [2.24, 2.45) is 0 Å². The van der Waals surface area contributed by atoms with Crippen LogP contribution >= 0.6 is 0 Å². The highest BCUT2D eigenvalue weighted by atomic mass is 32.2. The Morgan fingerprint density at radius 1 is 1.27 bits per heavy atom. The van der Waals surface area contributed by atoms with Gasteiger partial charge in [-0.25, -0.2) is 8.42 Å². The molecule has 0 aliphatic heterocycles. The van der Waals surface area contributed by atoms with Crippen LogP contribution in [0.3, 0.4) is 0 Å². The van der Waals surface area contributed by atoms with Crippen LogP contribution in [0.25, 0.3) is 0 Å². The first-order chi connectivity index (χ1) is 4.93. The quantitative estimate of drug-likeness (QED) is 0.607. The highest BCUT2D eigenvalue weighted by Crippen LogP contribution is 2.12. The fourth-order valence-electron chi connectivity index (χ4n) is 0.705. The summed E-state index contributed by atoms with van der Waals surface area (Å²) >= 11 is 0. The molecular formula is C8H12O2S. The standard InChI is InChI=1S/C8H12O2S/c1-5-7(3)8(6-2)11(4,9)10/h5-6H,1-2H2,3-4H3/b8-7+. The predicted octanol–water partition coefficient (Wildman–Crippen LogP) is 1.68. The van der Waals surface area contributed by atoms with E-state index in [1.165, 1.54) is 12.2 Å². The smallest absolute Gasteiger partial charge is 0.175 e. The average molecular weight is 172 g/mol. The van der Waals surface area contributed by atoms with Crippen molar-refractivity contribution >= 4 is 9.84 Å². The summed E-state index contributed by atoms with van der Waals surface area (Å²) in [5.41, 5.74) is 0.627. The monoisotopic (exact) mass is 172 g/mol. The van der Waals surface area contributed by atoms with Crippen LogP contribution in [0.4, 0.5) is 0 Å². The molecule has 3 heteroatoms. The third-order valence-electron chi connectivity index (χ3n) is 1.28. The molecule has 0 saturated heterocycles. The molecular weight excluding hydrogens is 160 g/mol. The summed E-state index contributed by atoms with van der Waals surface area (Å²) in [6, 6.07) is 0. The van der Waals surface area contributed by atoms with E-state index in [2.05, 4.69) is 13.2 Å². The molecule has 0 amide bonds. The van der Waals surface area contributed by atoms with Crippen LogP contribution in [0.5, 0.6) is 0 Å². The van der Waals surface area contributed by atoms with E-state index in [1.807, 2.05) is 0 Å². The van der Waals surface area contributed by atoms with Crippen LogP contribution in [-0.2, 0) is 9.84 Å². The maximum Gasteiger partial charge on any atom is 0.175 e. The molecule has 0 atom stereocenters. The van der Waals surface area contributed by atoms with Gasteiger partial charge in [-0.1, -0.05) is 25.3 Å². The van der Waals surface area contributed by atoms with Crippen LogP contribution in [-0.4, -0.2) is 14.7 Å². The predicted molar refractivity (Wildman–Crippen MR) is 47.9 cm³/mol. The zero-order valence-electron chi connectivity index (χ0n) is 6.79. The Bertz CT molecular complexity index is 294. The molecule has 11 heavy (non-hydrogen) atoms. The van der Waals surface area contributed by atoms with Crippen molar-refractivity contribution in [2.45, 2.75) is 6.92 Å². The zero-order chi connectivity index (χ0) is 9.07. The van der Waals surface area contributed by atoms with Crippen molar-refractivity contribution in [1.29, 1.82) is 0 Å². The van der Waals surface area contributed by atoms with E-state index in [1.54, 1.807) is 6.92 Å². The summed E-state index contributed by atoms with van der Waals surface area (Å²) in [7, 11) is -3.14. The Labute approximate surface area is 67.9 Å². The number of hydrogen-bond acceptors (Lipinski definition) is 2. The molecule has 0 spiro atoms. The highest BCUT2D eigenvalue weighted by Gasteiger charge is 2.08. The van der Waals surface area contributed by atoms with E-state index in [4.69, 9.17) is 0 Å². The average Bonchev–Trinajstić information content (AvgIpc) is 1.86. The summed E-state index contributed by atoms with van der Waals surface area (Å²) in [6.07, 6.45) is 3.97. The first-order valence-electron chi connectivity index (χ1n) is 3.09. The number of hydrogen-bond donors (Lipinski definition) is 0. The summed E-state index contributed by atoms with van der Waals surface area (Å²) < 4.78 is 22.0. The Kier molecular flexibility index (Phi) is 3.26. The lowest BCUT2D eigenvalue weighted by Crippen LogP contribution is -1.99. The van der Waals surface area contributed by atoms with Gasteiger partial charge in [-0.2, -0.15) is 0 Å². The van der Waals surface area contributed by atoms with Gasteiger partial charge in [-0.05, 0) is 12.5 Å². The molecule has 0 radical (unpaired) electrons. The molecule has 0 aromatic carbocycles. The van der Waals surface area contributed by atoms with Gasteiger partial charge >= 0.3 is 0 Å². The van der Waals surface area contributed by atoms with Crippen molar-refractivity contribution in [1.82, 2.24) is 0 Å². The lowest BCUT2D eigenvalue weighted by molar-refractivity contribution is 0.608. The number of sulfone groups is 1. The van der Waals surface area contributed by atoms with Crippen molar-refractivity contribution in [2.75, 3.05) is 6.26 Å². The van der Waals surface area contributed by atoms with E-state index in [0.717, 1.165) is 6.26 Å². The summed E-state index contributed by atoms with van der Waals surface area (Å²) in [5.74, 6) is 0. The summed E-state index contributed by atoms with van der Waals surface area (Å²) in [4.78, 5) is 0.243. The Balaban J connectivity index is 5.32. The fourth-order valence-corrected chi connectivity index (χ4v) is 1.68. The van der Waals surface area contributed by atoms with Gasteiger partial charge in [0.05, 0.1) is 4.91 Å². The second-order valence-electron chi connectivity index (χ2n) is 2.23. The van der Waals surface area contributed by atoms with Crippen molar-refractivity contribution in [3.05, 3.63) is 35.8 Å². The zero-order valence-corrected chi connectivity index (χ0v) is 7.61. The van der Waals surface area contributed by atoms with Gasteiger partial charge in [-0.3, -0.25) is 0 Å². The molecule has 0 rings (SSSR count). The number of rotatable bonds is 3. The number of allylic oxidation sites excluding steroid dienone is 3. The van der Waals surface area contributed by atoms with Gasteiger partial charge in [0, 0.05) is 6.26 Å². The molecule has 62 valence electrons. The molecule has 0 heterocycles. The van der Waals surface area contributed by atoms with E-state index < -0.39 is 9.84 Å². The van der Waals surface area contributed by atoms with Crippen molar-refractivity contribution in [3.8, 4) is 0 Å². The molecule has 0 aromatic rings. The minimum Gasteiger partial charge on any atom is -0.224 e. The highest BCUT2D eigenvalue weighted by molar-refractivity contribution is 7.94. The second kappa shape index (κ2) is 3.53. The van der Waals surface area contributed by atoms with E-state index in [0.29, 0.717) is 5.57 Å². The Morgan fingerprint density at radius 2 is 1.73 bits per heavy atom. The van der Waals surface area contributed by atoms with Crippen molar-refractivity contribution < 1.29 is 8.42 Å². The van der Waals surface area contributed by atoms with Crippen LogP contribution in [0, 0.1) is 0 Å². The van der Waals surface area contributed by atoms with E-state index in [9.17, 15) is 8.42 Å². The van der Waals surface area contributed by atoms with Gasteiger partial charge in [-0.15, -0.1) is 0 Å². The maximum absolute atomic E-state index is 11.0. The second-order valence-corrected chi connectivity index (χ2v) is 4.21. The normalized spacial score (nSPS) is 13.6. The first kappa shape index (κ1) is 10.2. The topological polar surface area (TPSA) is 34.1 Å². The Morgan fingerprint density at radius 3 is 1.82 bits per heavy atom.